The largest absolute Gasteiger partial charge is 0.507 e. The number of carbonyl (C=O) groups excluding carboxylic acids is 2. The summed E-state index contributed by atoms with van der Waals surface area (Å²) in [5.74, 6) is -1.55. The monoisotopic (exact) mass is 554 g/mol. The normalized spacial score (nSPS) is 14.9. The zero-order chi connectivity index (χ0) is 29.8. The first-order chi connectivity index (χ1) is 19.0. The Bertz CT molecular complexity index is 1120. The van der Waals surface area contributed by atoms with Crippen LogP contribution in [0.15, 0.2) is 24.3 Å². The van der Waals surface area contributed by atoms with E-state index in [4.69, 9.17) is 0 Å². The first-order valence-electron chi connectivity index (χ1n) is 15.0. The lowest BCUT2D eigenvalue weighted by atomic mass is 9.81. The molecule has 2 aromatic rings. The number of carbonyl (C=O) groups is 2. The van der Waals surface area contributed by atoms with Crippen LogP contribution in [0.1, 0.15) is 87.2 Å². The van der Waals surface area contributed by atoms with Gasteiger partial charge in [0.05, 0.1) is 74.6 Å². The van der Waals surface area contributed by atoms with Gasteiger partial charge in [-0.15, -0.1) is 0 Å². The molecule has 0 heterocycles. The van der Waals surface area contributed by atoms with E-state index in [0.717, 1.165) is 48.2 Å². The fourth-order valence-electron chi connectivity index (χ4n) is 6.77. The highest BCUT2D eigenvalue weighted by Gasteiger charge is 2.39. The van der Waals surface area contributed by atoms with Crippen LogP contribution in [0.2, 0.25) is 0 Å². The van der Waals surface area contributed by atoms with Crippen LogP contribution in [-0.2, 0) is 0 Å². The third-order valence-corrected chi connectivity index (χ3v) is 10.1. The Morgan fingerprint density at radius 1 is 0.575 bits per heavy atom. The second-order valence-corrected chi connectivity index (χ2v) is 11.2. The van der Waals surface area contributed by atoms with Gasteiger partial charge in [0.25, 0.3) is 0 Å². The van der Waals surface area contributed by atoms with Gasteiger partial charge in [-0.1, -0.05) is 0 Å². The number of rotatable bonds is 14. The first kappa shape index (κ1) is 31.4. The van der Waals surface area contributed by atoms with E-state index < -0.39 is 11.6 Å². The smallest absolute Gasteiger partial charge is 0.200 e. The van der Waals surface area contributed by atoms with Crippen LogP contribution < -0.4 is 10.6 Å². The van der Waals surface area contributed by atoms with Gasteiger partial charge in [0.15, 0.2) is 0 Å². The molecule has 3 rings (SSSR count). The van der Waals surface area contributed by atoms with Crippen molar-refractivity contribution in [1.29, 1.82) is 0 Å². The number of ketones is 2. The summed E-state index contributed by atoms with van der Waals surface area (Å²) in [4.78, 5) is 27.9. The Balaban J connectivity index is 2.08. The average molecular weight is 555 g/mol. The van der Waals surface area contributed by atoms with E-state index >= 15 is 0 Å². The molecule has 2 aromatic carbocycles. The van der Waals surface area contributed by atoms with Crippen LogP contribution >= 0.6 is 0 Å². The Morgan fingerprint density at radius 3 is 1.15 bits per heavy atom. The molecular formula is C32H50N4O4+2. The number of nitrogens with zero attached hydrogens (tertiary/aromatic N) is 2. The maximum Gasteiger partial charge on any atom is 0.200 e. The molecule has 0 spiro atoms. The molecular weight excluding hydrogens is 504 g/mol. The number of likely N-dealkylation sites (N-methyl/N-ethyl adjacent to an activating group) is 2. The summed E-state index contributed by atoms with van der Waals surface area (Å²) in [6.45, 7) is 24.8. The van der Waals surface area contributed by atoms with Crippen molar-refractivity contribution in [1.82, 2.24) is 0 Å². The van der Waals surface area contributed by atoms with Crippen molar-refractivity contribution in [3.8, 4) is 11.5 Å². The lowest BCUT2D eigenvalue weighted by Gasteiger charge is -2.42. The van der Waals surface area contributed by atoms with E-state index in [1.54, 1.807) is 0 Å². The Labute approximate surface area is 240 Å². The van der Waals surface area contributed by atoms with Crippen LogP contribution in [0, 0.1) is 0 Å². The molecule has 0 aromatic heterocycles. The third kappa shape index (κ3) is 5.31. The van der Waals surface area contributed by atoms with Gasteiger partial charge in [-0.25, -0.2) is 0 Å². The molecule has 40 heavy (non-hydrogen) atoms. The number of quaternary nitrogens is 2. The van der Waals surface area contributed by atoms with Gasteiger partial charge in [0.2, 0.25) is 11.6 Å². The van der Waals surface area contributed by atoms with Crippen molar-refractivity contribution in [3.05, 3.63) is 46.5 Å². The van der Waals surface area contributed by atoms with Crippen LogP contribution in [0.3, 0.4) is 0 Å². The van der Waals surface area contributed by atoms with Crippen molar-refractivity contribution in [2.24, 2.45) is 0 Å². The van der Waals surface area contributed by atoms with E-state index in [1.165, 1.54) is 12.1 Å². The Hall–Kier alpha value is -3.10. The number of aromatic hydroxyl groups is 2. The van der Waals surface area contributed by atoms with Crippen LogP contribution in [-0.4, -0.2) is 95.2 Å². The molecule has 0 amide bonds. The molecule has 1 aliphatic carbocycles. The van der Waals surface area contributed by atoms with Gasteiger partial charge >= 0.3 is 0 Å². The minimum absolute atomic E-state index is 0.140. The summed E-state index contributed by atoms with van der Waals surface area (Å²) in [6, 6.07) is 6.78. The van der Waals surface area contributed by atoms with Crippen LogP contribution in [0.5, 0.6) is 11.5 Å². The van der Waals surface area contributed by atoms with Crippen molar-refractivity contribution < 1.29 is 28.8 Å². The summed E-state index contributed by atoms with van der Waals surface area (Å²) >= 11 is 0. The highest BCUT2D eigenvalue weighted by Crippen LogP contribution is 2.42. The average Bonchev–Trinajstić information content (AvgIpc) is 2.97. The van der Waals surface area contributed by atoms with E-state index in [-0.39, 0.29) is 45.8 Å². The number of fused-ring (bicyclic) bond motifs is 2. The lowest BCUT2D eigenvalue weighted by Crippen LogP contribution is -2.56. The van der Waals surface area contributed by atoms with E-state index in [2.05, 4.69) is 66.0 Å². The molecule has 1 aliphatic rings. The van der Waals surface area contributed by atoms with Crippen LogP contribution in [0.25, 0.3) is 0 Å². The van der Waals surface area contributed by atoms with E-state index in [0.29, 0.717) is 24.5 Å². The maximum absolute atomic E-state index is 13.9. The molecule has 8 heteroatoms. The van der Waals surface area contributed by atoms with Crippen LogP contribution in [0.4, 0.5) is 11.4 Å². The number of phenolic OH excluding ortho intramolecular Hbond substituents is 2. The molecule has 8 nitrogen and oxygen atoms in total. The fourth-order valence-corrected chi connectivity index (χ4v) is 6.77. The highest BCUT2D eigenvalue weighted by atomic mass is 16.3. The second kappa shape index (κ2) is 12.6. The minimum Gasteiger partial charge on any atom is -0.507 e. The highest BCUT2D eigenvalue weighted by molar-refractivity contribution is 6.33. The number of hydrogen-bond donors (Lipinski definition) is 4. The summed E-state index contributed by atoms with van der Waals surface area (Å²) in [7, 11) is 0. The molecule has 220 valence electrons. The van der Waals surface area contributed by atoms with Gasteiger partial charge in [-0.05, 0) is 79.7 Å². The van der Waals surface area contributed by atoms with Crippen molar-refractivity contribution in [3.63, 3.8) is 0 Å². The van der Waals surface area contributed by atoms with E-state index in [9.17, 15) is 19.8 Å². The number of hydrogen-bond acceptors (Lipinski definition) is 6. The lowest BCUT2D eigenvalue weighted by molar-refractivity contribution is -0.943. The number of anilines is 2. The predicted octanol–water partition coefficient (Wildman–Crippen LogP) is 5.23. The number of nitrogens with one attached hydrogen (secondary N) is 2. The molecule has 2 unspecified atom stereocenters. The molecule has 0 aliphatic heterocycles. The van der Waals surface area contributed by atoms with Gasteiger partial charge in [0, 0.05) is 11.4 Å². The Kier molecular flexibility index (Phi) is 9.90. The molecule has 0 bridgehead atoms. The summed E-state index contributed by atoms with van der Waals surface area (Å²) in [5, 5.41) is 28.1. The quantitative estimate of drug-likeness (QED) is 0.161. The zero-order valence-corrected chi connectivity index (χ0v) is 25.7. The predicted molar refractivity (Wildman–Crippen MR) is 163 cm³/mol. The van der Waals surface area contributed by atoms with E-state index in [1.807, 2.05) is 12.1 Å². The topological polar surface area (TPSA) is 98.7 Å². The van der Waals surface area contributed by atoms with Crippen molar-refractivity contribution in [2.45, 2.75) is 67.5 Å². The summed E-state index contributed by atoms with van der Waals surface area (Å²) < 4.78 is 1.87. The second-order valence-electron chi connectivity index (χ2n) is 11.2. The molecule has 4 N–H and O–H groups in total. The molecule has 0 fully saturated rings. The van der Waals surface area contributed by atoms with Gasteiger partial charge in [0.1, 0.15) is 23.6 Å². The maximum atomic E-state index is 13.9. The third-order valence-electron chi connectivity index (χ3n) is 10.1. The van der Waals surface area contributed by atoms with Crippen molar-refractivity contribution >= 4 is 22.9 Å². The number of phenols is 2. The molecule has 2 atom stereocenters. The summed E-state index contributed by atoms with van der Waals surface area (Å²) in [5.41, 5.74) is 1.34. The minimum atomic E-state index is -0.465. The molecule has 0 saturated heterocycles. The van der Waals surface area contributed by atoms with Gasteiger partial charge in [-0.3, -0.25) is 9.59 Å². The zero-order valence-electron chi connectivity index (χ0n) is 25.7. The molecule has 0 saturated carbocycles. The van der Waals surface area contributed by atoms with Crippen molar-refractivity contribution in [2.75, 3.05) is 63.0 Å². The summed E-state index contributed by atoms with van der Waals surface area (Å²) in [6.07, 6.45) is 0. The van der Waals surface area contributed by atoms with Gasteiger partial charge < -0.3 is 29.8 Å². The van der Waals surface area contributed by atoms with Gasteiger partial charge in [-0.2, -0.15) is 0 Å². The fraction of sp³-hybridized carbons (Fsp3) is 0.562. The first-order valence-corrected chi connectivity index (χ1v) is 15.0. The molecule has 0 radical (unpaired) electrons. The standard InChI is InChI=1S/C32H48N4O4/c1-9-35(10-2,11-3)21(7)19-33-23-15-16-24(34-20-22(8)36(12-4,13-5)14-6)28-27(23)31(39)29-25(37)17-18-26(38)30(29)32(28)40/h15-18,21-22H,9-14,19-20H2,1-8H3,(H2-2,33,34,37,38,39,40)/p+2. The SMILES string of the molecule is CC[N+](CC)(CC)C(C)CNc1ccc(NCC(C)[N+](CC)(CC)CC)c2c1C(=O)c1c(O)ccc(O)c1C2=O. The number of benzene rings is 2. The Morgan fingerprint density at radius 2 is 0.875 bits per heavy atom.